The molecule has 0 aliphatic carbocycles. The first-order chi connectivity index (χ1) is 12.3. The first-order valence-corrected chi connectivity index (χ1v) is 9.38. The van der Waals surface area contributed by atoms with Crippen LogP contribution in [-0.2, 0) is 6.54 Å². The molecule has 8 nitrogen and oxygen atoms in total. The molecular formula is C17H23N7OS. The standard InChI is InChI=1S/C17H23N7OS/c1-6-22-11(3)8-14(13(22)5)15(25)9-26-17-20-19-16(23(17)18)24-12(4)7-10(2)21-24/h7-8H,6,9,18H2,1-5H3. The number of nitrogens with zero attached hydrogens (tertiary/aromatic N) is 6. The molecule has 3 aromatic rings. The van der Waals surface area contributed by atoms with Crippen LogP contribution in [0.5, 0.6) is 0 Å². The smallest absolute Gasteiger partial charge is 0.271 e. The largest absolute Gasteiger partial charge is 0.349 e. The van der Waals surface area contributed by atoms with Crippen molar-refractivity contribution in [1.82, 2.24) is 29.2 Å². The van der Waals surface area contributed by atoms with Gasteiger partial charge in [-0.3, -0.25) is 4.79 Å². The van der Waals surface area contributed by atoms with E-state index in [2.05, 4.69) is 26.8 Å². The molecule has 3 heterocycles. The average Bonchev–Trinajstić information content (AvgIpc) is 3.21. The predicted octanol–water partition coefficient (Wildman–Crippen LogP) is 2.21. The number of nitrogens with two attached hydrogens (primary N) is 1. The molecule has 0 aromatic carbocycles. The molecule has 138 valence electrons. The minimum atomic E-state index is 0.0541. The van der Waals surface area contributed by atoms with Gasteiger partial charge in [0.25, 0.3) is 5.95 Å². The van der Waals surface area contributed by atoms with Crippen LogP contribution in [0.2, 0.25) is 0 Å². The van der Waals surface area contributed by atoms with Crippen molar-refractivity contribution < 1.29 is 4.79 Å². The summed E-state index contributed by atoms with van der Waals surface area (Å²) in [5.74, 6) is 6.84. The molecule has 0 saturated heterocycles. The van der Waals surface area contributed by atoms with Gasteiger partial charge >= 0.3 is 0 Å². The Morgan fingerprint density at radius 2 is 1.88 bits per heavy atom. The number of carbonyl (C=O) groups excluding carboxylic acids is 1. The van der Waals surface area contributed by atoms with Gasteiger partial charge in [0.15, 0.2) is 5.78 Å². The number of thioether (sulfide) groups is 1. The summed E-state index contributed by atoms with van der Waals surface area (Å²) in [6, 6.07) is 3.88. The third kappa shape index (κ3) is 3.14. The molecule has 0 aliphatic rings. The maximum Gasteiger partial charge on any atom is 0.271 e. The third-order valence-electron chi connectivity index (χ3n) is 4.37. The van der Waals surface area contributed by atoms with Crippen LogP contribution in [0.3, 0.4) is 0 Å². The van der Waals surface area contributed by atoms with E-state index >= 15 is 0 Å². The van der Waals surface area contributed by atoms with Crippen LogP contribution in [0.4, 0.5) is 0 Å². The number of hydrogen-bond acceptors (Lipinski definition) is 6. The molecule has 2 N–H and O–H groups in total. The zero-order valence-corrected chi connectivity index (χ0v) is 16.5. The van der Waals surface area contributed by atoms with Gasteiger partial charge in [0.1, 0.15) is 0 Å². The third-order valence-corrected chi connectivity index (χ3v) is 5.31. The maximum atomic E-state index is 12.6. The molecule has 26 heavy (non-hydrogen) atoms. The van der Waals surface area contributed by atoms with Crippen LogP contribution in [0.25, 0.3) is 5.95 Å². The second-order valence-electron chi connectivity index (χ2n) is 6.23. The van der Waals surface area contributed by atoms with Gasteiger partial charge in [-0.25, -0.2) is 9.36 Å². The van der Waals surface area contributed by atoms with E-state index in [1.807, 2.05) is 39.8 Å². The molecular weight excluding hydrogens is 350 g/mol. The summed E-state index contributed by atoms with van der Waals surface area (Å²) in [5, 5.41) is 13.1. The van der Waals surface area contributed by atoms with Crippen LogP contribution in [-0.4, -0.2) is 40.8 Å². The first-order valence-electron chi connectivity index (χ1n) is 8.40. The summed E-state index contributed by atoms with van der Waals surface area (Å²) in [7, 11) is 0. The van der Waals surface area contributed by atoms with E-state index in [1.165, 1.54) is 16.4 Å². The number of nitrogen functional groups attached to an aromatic ring is 1. The lowest BCUT2D eigenvalue weighted by atomic mass is 10.2. The fraction of sp³-hybridized carbons (Fsp3) is 0.412. The lowest BCUT2D eigenvalue weighted by Gasteiger charge is -2.06. The zero-order chi connectivity index (χ0) is 19.0. The molecule has 3 rings (SSSR count). The van der Waals surface area contributed by atoms with Gasteiger partial charge in [-0.2, -0.15) is 5.10 Å². The summed E-state index contributed by atoms with van der Waals surface area (Å²) in [4.78, 5) is 12.6. The lowest BCUT2D eigenvalue weighted by molar-refractivity contribution is 0.102. The van der Waals surface area contributed by atoms with Crippen LogP contribution < -0.4 is 5.84 Å². The SMILES string of the molecule is CCn1c(C)cc(C(=O)CSc2nnc(-n3nc(C)cc3C)n2N)c1C. The molecule has 0 fully saturated rings. The lowest BCUT2D eigenvalue weighted by Crippen LogP contribution is -2.17. The fourth-order valence-electron chi connectivity index (χ4n) is 3.12. The molecule has 0 saturated carbocycles. The van der Waals surface area contributed by atoms with E-state index in [0.717, 1.165) is 34.9 Å². The Labute approximate surface area is 156 Å². The molecule has 0 spiro atoms. The molecule has 9 heteroatoms. The number of aryl methyl sites for hydroxylation is 3. The highest BCUT2D eigenvalue weighted by atomic mass is 32.2. The number of ketones is 1. The van der Waals surface area contributed by atoms with Gasteiger partial charge in [-0.1, -0.05) is 11.8 Å². The summed E-state index contributed by atoms with van der Waals surface area (Å²) in [5.41, 5.74) is 4.63. The molecule has 0 amide bonds. The summed E-state index contributed by atoms with van der Waals surface area (Å²) in [6.45, 7) is 10.7. The van der Waals surface area contributed by atoms with Crippen molar-refractivity contribution in [3.05, 3.63) is 40.5 Å². The Balaban J connectivity index is 1.77. The van der Waals surface area contributed by atoms with Gasteiger partial charge in [0.05, 0.1) is 11.4 Å². The normalized spacial score (nSPS) is 11.3. The van der Waals surface area contributed by atoms with Crippen molar-refractivity contribution in [2.24, 2.45) is 0 Å². The Kier molecular flexibility index (Phi) is 4.90. The highest BCUT2D eigenvalue weighted by molar-refractivity contribution is 7.99. The second-order valence-corrected chi connectivity index (χ2v) is 7.17. The van der Waals surface area contributed by atoms with Crippen LogP contribution in [0, 0.1) is 27.7 Å². The van der Waals surface area contributed by atoms with E-state index in [4.69, 9.17) is 5.84 Å². The van der Waals surface area contributed by atoms with Crippen molar-refractivity contribution in [2.45, 2.75) is 46.3 Å². The van der Waals surface area contributed by atoms with Crippen molar-refractivity contribution >= 4 is 17.5 Å². The van der Waals surface area contributed by atoms with Crippen molar-refractivity contribution in [3.63, 3.8) is 0 Å². The summed E-state index contributed by atoms with van der Waals surface area (Å²) < 4.78 is 5.14. The Hall–Kier alpha value is -2.55. The van der Waals surface area contributed by atoms with Crippen molar-refractivity contribution in [3.8, 4) is 5.95 Å². The van der Waals surface area contributed by atoms with Gasteiger partial charge in [0, 0.05) is 29.2 Å². The fourth-order valence-corrected chi connectivity index (χ4v) is 3.86. The Morgan fingerprint density at radius 1 is 1.15 bits per heavy atom. The Morgan fingerprint density at radius 3 is 2.46 bits per heavy atom. The van der Waals surface area contributed by atoms with E-state index in [0.29, 0.717) is 11.1 Å². The van der Waals surface area contributed by atoms with Crippen molar-refractivity contribution in [2.75, 3.05) is 11.6 Å². The second kappa shape index (κ2) is 6.99. The van der Waals surface area contributed by atoms with Gasteiger partial charge in [-0.15, -0.1) is 10.2 Å². The van der Waals surface area contributed by atoms with E-state index < -0.39 is 0 Å². The highest BCUT2D eigenvalue weighted by Crippen LogP contribution is 2.21. The summed E-state index contributed by atoms with van der Waals surface area (Å²) >= 11 is 1.27. The average molecular weight is 373 g/mol. The molecule has 0 atom stereocenters. The Bertz CT molecular complexity index is 966. The number of aromatic nitrogens is 6. The van der Waals surface area contributed by atoms with E-state index in [1.54, 1.807) is 4.68 Å². The van der Waals surface area contributed by atoms with Gasteiger partial charge < -0.3 is 10.4 Å². The highest BCUT2D eigenvalue weighted by Gasteiger charge is 2.19. The van der Waals surface area contributed by atoms with Gasteiger partial charge in [0.2, 0.25) is 5.16 Å². The van der Waals surface area contributed by atoms with Gasteiger partial charge in [-0.05, 0) is 46.8 Å². The zero-order valence-electron chi connectivity index (χ0n) is 15.6. The number of hydrogen-bond donors (Lipinski definition) is 1. The molecule has 0 unspecified atom stereocenters. The summed E-state index contributed by atoms with van der Waals surface area (Å²) in [6.07, 6.45) is 0. The number of Topliss-reactive ketones (excluding diaryl/α,β-unsaturated/α-hetero) is 1. The monoisotopic (exact) mass is 373 g/mol. The maximum absolute atomic E-state index is 12.6. The van der Waals surface area contributed by atoms with E-state index in [9.17, 15) is 4.79 Å². The minimum Gasteiger partial charge on any atom is -0.349 e. The first kappa shape index (κ1) is 18.2. The van der Waals surface area contributed by atoms with Crippen molar-refractivity contribution in [1.29, 1.82) is 0 Å². The molecule has 0 bridgehead atoms. The van der Waals surface area contributed by atoms with Crippen LogP contribution >= 0.6 is 11.8 Å². The van der Waals surface area contributed by atoms with Crippen LogP contribution in [0.15, 0.2) is 17.3 Å². The van der Waals surface area contributed by atoms with E-state index in [-0.39, 0.29) is 11.5 Å². The topological polar surface area (TPSA) is 96.5 Å². The predicted molar refractivity (Wildman–Crippen MR) is 101 cm³/mol. The molecule has 0 radical (unpaired) electrons. The van der Waals surface area contributed by atoms with Crippen LogP contribution in [0.1, 0.15) is 40.1 Å². The quantitative estimate of drug-likeness (QED) is 0.404. The minimum absolute atomic E-state index is 0.0541. The molecule has 0 aliphatic heterocycles. The molecule has 3 aromatic heterocycles. The number of carbonyl (C=O) groups is 1. The number of rotatable bonds is 6.